The van der Waals surface area contributed by atoms with E-state index in [0.29, 0.717) is 23.9 Å². The van der Waals surface area contributed by atoms with Crippen molar-refractivity contribution >= 4 is 28.9 Å². The van der Waals surface area contributed by atoms with E-state index in [1.807, 2.05) is 37.3 Å². The van der Waals surface area contributed by atoms with E-state index < -0.39 is 35.5 Å². The number of para-hydroxylation sites is 2. The molecule has 2 amide bonds. The number of hydrogen-bond donors (Lipinski definition) is 2. The number of rotatable bonds is 9. The van der Waals surface area contributed by atoms with E-state index in [-0.39, 0.29) is 11.8 Å². The van der Waals surface area contributed by atoms with Gasteiger partial charge in [0.25, 0.3) is 5.89 Å². The standard InChI is InChI=1S/C27H33N3O5/c1-6-19(23(31)25-29-20-14-10-11-15-22(20)34-25)28-24(32)21(30-26(33)35-27(3,4)5)16-17(2)18-12-8-7-9-13-18/h7-15,17,19,21H,6,16H2,1-5H3,(H,28,32)(H,30,33)/t17-,19-,21-/m0/s1. The number of Topliss-reactive ketones (excluding diaryl/α,β-unsaturated/α-hetero) is 1. The number of aromatic nitrogens is 1. The third-order valence-corrected chi connectivity index (χ3v) is 5.51. The minimum Gasteiger partial charge on any atom is -0.444 e. The van der Waals surface area contributed by atoms with Crippen LogP contribution in [0.15, 0.2) is 59.0 Å². The Morgan fingerprint density at radius 2 is 1.63 bits per heavy atom. The van der Waals surface area contributed by atoms with E-state index in [1.54, 1.807) is 52.0 Å². The quantitative estimate of drug-likeness (QED) is 0.418. The van der Waals surface area contributed by atoms with Crippen molar-refractivity contribution < 1.29 is 23.5 Å². The molecule has 0 saturated carbocycles. The largest absolute Gasteiger partial charge is 0.444 e. The smallest absolute Gasteiger partial charge is 0.408 e. The topological polar surface area (TPSA) is 111 Å². The Kier molecular flexibility index (Phi) is 8.27. The Morgan fingerprint density at radius 3 is 2.26 bits per heavy atom. The number of oxazole rings is 1. The van der Waals surface area contributed by atoms with Crippen LogP contribution in [0.2, 0.25) is 0 Å². The molecule has 0 bridgehead atoms. The average molecular weight is 480 g/mol. The van der Waals surface area contributed by atoms with Crippen LogP contribution in [-0.2, 0) is 9.53 Å². The van der Waals surface area contributed by atoms with Gasteiger partial charge in [-0.1, -0.05) is 56.3 Å². The summed E-state index contributed by atoms with van der Waals surface area (Å²) in [5, 5.41) is 5.46. The molecule has 3 rings (SSSR count). The van der Waals surface area contributed by atoms with Gasteiger partial charge in [0, 0.05) is 0 Å². The Morgan fingerprint density at radius 1 is 0.971 bits per heavy atom. The monoisotopic (exact) mass is 479 g/mol. The molecule has 1 aromatic heterocycles. The van der Waals surface area contributed by atoms with Crippen LogP contribution in [0.25, 0.3) is 11.1 Å². The van der Waals surface area contributed by atoms with E-state index in [0.717, 1.165) is 5.56 Å². The summed E-state index contributed by atoms with van der Waals surface area (Å²) in [5.74, 6) is -0.999. The third-order valence-electron chi connectivity index (χ3n) is 5.51. The fraction of sp³-hybridized carbons (Fsp3) is 0.407. The van der Waals surface area contributed by atoms with Crippen molar-refractivity contribution in [1.29, 1.82) is 0 Å². The molecule has 0 fully saturated rings. The number of ketones is 1. The summed E-state index contributed by atoms with van der Waals surface area (Å²) < 4.78 is 11.0. The molecule has 0 aliphatic rings. The second-order valence-electron chi connectivity index (χ2n) is 9.57. The number of benzene rings is 2. The molecule has 0 aliphatic heterocycles. The molecule has 0 aliphatic carbocycles. The second-order valence-corrected chi connectivity index (χ2v) is 9.57. The minimum atomic E-state index is -0.912. The molecule has 186 valence electrons. The summed E-state index contributed by atoms with van der Waals surface area (Å²) in [5.41, 5.74) is 1.38. The van der Waals surface area contributed by atoms with Gasteiger partial charge in [-0.15, -0.1) is 0 Å². The molecule has 35 heavy (non-hydrogen) atoms. The summed E-state index contributed by atoms with van der Waals surface area (Å²) in [6.07, 6.45) is -0.0458. The van der Waals surface area contributed by atoms with Gasteiger partial charge < -0.3 is 19.8 Å². The van der Waals surface area contributed by atoms with Gasteiger partial charge in [0.1, 0.15) is 17.2 Å². The number of ether oxygens (including phenoxy) is 1. The van der Waals surface area contributed by atoms with Crippen LogP contribution in [0, 0.1) is 0 Å². The van der Waals surface area contributed by atoms with Crippen LogP contribution in [-0.4, -0.2) is 40.5 Å². The Bertz CT molecular complexity index is 1130. The molecule has 2 aromatic carbocycles. The fourth-order valence-electron chi connectivity index (χ4n) is 3.70. The van der Waals surface area contributed by atoms with Crippen LogP contribution in [0.4, 0.5) is 4.79 Å². The molecule has 2 N–H and O–H groups in total. The van der Waals surface area contributed by atoms with Crippen molar-refractivity contribution in [2.75, 3.05) is 0 Å². The van der Waals surface area contributed by atoms with Crippen LogP contribution in [0.3, 0.4) is 0 Å². The van der Waals surface area contributed by atoms with E-state index in [9.17, 15) is 14.4 Å². The van der Waals surface area contributed by atoms with Gasteiger partial charge in [-0.25, -0.2) is 9.78 Å². The number of hydrogen-bond acceptors (Lipinski definition) is 6. The molecule has 1 heterocycles. The Labute approximate surface area is 205 Å². The Balaban J connectivity index is 1.77. The van der Waals surface area contributed by atoms with Crippen LogP contribution in [0.5, 0.6) is 0 Å². The third kappa shape index (κ3) is 7.15. The number of carbonyl (C=O) groups excluding carboxylic acids is 3. The average Bonchev–Trinajstić information content (AvgIpc) is 3.25. The van der Waals surface area contributed by atoms with Crippen molar-refractivity contribution in [3.05, 3.63) is 66.1 Å². The zero-order chi connectivity index (χ0) is 25.6. The molecule has 0 unspecified atom stereocenters. The van der Waals surface area contributed by atoms with Gasteiger partial charge in [-0.05, 0) is 57.2 Å². The van der Waals surface area contributed by atoms with E-state index >= 15 is 0 Å². The number of fused-ring (bicyclic) bond motifs is 1. The van der Waals surface area contributed by atoms with Crippen molar-refractivity contribution in [3.8, 4) is 0 Å². The predicted molar refractivity (Wildman–Crippen MR) is 133 cm³/mol. The molecule has 3 atom stereocenters. The van der Waals surface area contributed by atoms with E-state index in [4.69, 9.17) is 9.15 Å². The lowest BCUT2D eigenvalue weighted by Crippen LogP contribution is -2.52. The maximum absolute atomic E-state index is 13.3. The molecule has 3 aromatic rings. The molecule has 8 nitrogen and oxygen atoms in total. The molecule has 8 heteroatoms. The lowest BCUT2D eigenvalue weighted by molar-refractivity contribution is -0.124. The maximum Gasteiger partial charge on any atom is 0.408 e. The highest BCUT2D eigenvalue weighted by Gasteiger charge is 2.31. The summed E-state index contributed by atoms with van der Waals surface area (Å²) in [6, 6.07) is 15.0. The summed E-state index contributed by atoms with van der Waals surface area (Å²) >= 11 is 0. The maximum atomic E-state index is 13.3. The fourth-order valence-corrected chi connectivity index (χ4v) is 3.70. The number of alkyl carbamates (subject to hydrolysis) is 1. The predicted octanol–water partition coefficient (Wildman–Crippen LogP) is 4.99. The summed E-state index contributed by atoms with van der Waals surface area (Å²) in [7, 11) is 0. The number of amides is 2. The summed E-state index contributed by atoms with van der Waals surface area (Å²) in [6.45, 7) is 9.02. The molecule has 0 radical (unpaired) electrons. The zero-order valence-electron chi connectivity index (χ0n) is 20.8. The van der Waals surface area contributed by atoms with Gasteiger partial charge in [-0.3, -0.25) is 9.59 Å². The highest BCUT2D eigenvalue weighted by molar-refractivity contribution is 6.00. The first kappa shape index (κ1) is 25.9. The van der Waals surface area contributed by atoms with Crippen molar-refractivity contribution in [2.45, 2.75) is 71.1 Å². The highest BCUT2D eigenvalue weighted by Crippen LogP contribution is 2.21. The van der Waals surface area contributed by atoms with E-state index in [2.05, 4.69) is 15.6 Å². The SMILES string of the molecule is CC[C@H](NC(=O)[C@H](C[C@H](C)c1ccccc1)NC(=O)OC(C)(C)C)C(=O)c1nc2ccccc2o1. The normalized spacial score (nSPS) is 14.1. The minimum absolute atomic E-state index is 0.0327. The first-order chi connectivity index (χ1) is 16.6. The molecule has 0 saturated heterocycles. The van der Waals surface area contributed by atoms with Gasteiger partial charge in [-0.2, -0.15) is 0 Å². The highest BCUT2D eigenvalue weighted by atomic mass is 16.6. The Hall–Kier alpha value is -3.68. The van der Waals surface area contributed by atoms with E-state index in [1.165, 1.54) is 0 Å². The first-order valence-electron chi connectivity index (χ1n) is 11.8. The number of carbonyl (C=O) groups is 3. The van der Waals surface area contributed by atoms with Crippen molar-refractivity contribution in [1.82, 2.24) is 15.6 Å². The second kappa shape index (κ2) is 11.2. The lowest BCUT2D eigenvalue weighted by Gasteiger charge is -2.26. The van der Waals surface area contributed by atoms with Gasteiger partial charge in [0.05, 0.1) is 6.04 Å². The molecular formula is C27H33N3O5. The number of nitrogens with zero attached hydrogens (tertiary/aromatic N) is 1. The first-order valence-corrected chi connectivity index (χ1v) is 11.8. The molecular weight excluding hydrogens is 446 g/mol. The van der Waals surface area contributed by atoms with Gasteiger partial charge in [0.15, 0.2) is 5.58 Å². The van der Waals surface area contributed by atoms with Crippen LogP contribution in [0.1, 0.15) is 69.6 Å². The van der Waals surface area contributed by atoms with Gasteiger partial charge >= 0.3 is 6.09 Å². The molecule has 0 spiro atoms. The lowest BCUT2D eigenvalue weighted by atomic mass is 9.93. The number of nitrogens with one attached hydrogen (secondary N) is 2. The van der Waals surface area contributed by atoms with Crippen molar-refractivity contribution in [3.63, 3.8) is 0 Å². The zero-order valence-corrected chi connectivity index (χ0v) is 20.8. The van der Waals surface area contributed by atoms with Crippen LogP contribution >= 0.6 is 0 Å². The van der Waals surface area contributed by atoms with Gasteiger partial charge in [0.2, 0.25) is 11.7 Å². The van der Waals surface area contributed by atoms with Crippen LogP contribution < -0.4 is 10.6 Å². The summed E-state index contributed by atoms with van der Waals surface area (Å²) in [4.78, 5) is 43.1. The van der Waals surface area contributed by atoms with Crippen molar-refractivity contribution in [2.24, 2.45) is 0 Å².